The zero-order chi connectivity index (χ0) is 14.5. The number of benzene rings is 1. The largest absolute Gasteiger partial charge is 0.387 e. The Labute approximate surface area is 127 Å². The van der Waals surface area contributed by atoms with E-state index < -0.39 is 6.10 Å². The van der Waals surface area contributed by atoms with Crippen molar-refractivity contribution in [2.24, 2.45) is 0 Å². The van der Waals surface area contributed by atoms with E-state index in [0.717, 1.165) is 15.6 Å². The Hall–Kier alpha value is -1.43. The minimum atomic E-state index is -0.544. The molecule has 2 rings (SSSR count). The van der Waals surface area contributed by atoms with Crippen LogP contribution in [0.1, 0.15) is 24.2 Å². The molecule has 0 saturated heterocycles. The molecule has 5 heteroatoms. The number of nitrogens with zero attached hydrogens (tertiary/aromatic N) is 2. The van der Waals surface area contributed by atoms with Crippen molar-refractivity contribution in [3.05, 3.63) is 58.8 Å². The summed E-state index contributed by atoms with van der Waals surface area (Å²) in [7, 11) is 0. The van der Waals surface area contributed by atoms with E-state index in [1.807, 2.05) is 37.4 Å². The zero-order valence-corrected chi connectivity index (χ0v) is 12.9. The second-order valence-corrected chi connectivity index (χ2v) is 5.59. The van der Waals surface area contributed by atoms with Gasteiger partial charge in [-0.25, -0.2) is 4.68 Å². The molecule has 0 aliphatic heterocycles. The summed E-state index contributed by atoms with van der Waals surface area (Å²) in [6, 6.07) is 7.65. The van der Waals surface area contributed by atoms with Gasteiger partial charge < -0.3 is 10.4 Å². The first-order valence-electron chi connectivity index (χ1n) is 6.42. The van der Waals surface area contributed by atoms with Crippen LogP contribution in [0, 0.1) is 0 Å². The molecule has 1 aromatic carbocycles. The van der Waals surface area contributed by atoms with Gasteiger partial charge in [-0.2, -0.15) is 5.10 Å². The fourth-order valence-electron chi connectivity index (χ4n) is 1.91. The summed E-state index contributed by atoms with van der Waals surface area (Å²) in [6.45, 7) is 6.27. The van der Waals surface area contributed by atoms with Gasteiger partial charge in [-0.05, 0) is 24.6 Å². The Morgan fingerprint density at radius 3 is 2.75 bits per heavy atom. The number of aromatic nitrogens is 2. The molecule has 1 heterocycles. The lowest BCUT2D eigenvalue weighted by molar-refractivity contribution is 0.135. The highest BCUT2D eigenvalue weighted by atomic mass is 79.9. The second kappa shape index (κ2) is 6.83. The van der Waals surface area contributed by atoms with Gasteiger partial charge in [-0.1, -0.05) is 34.6 Å². The third kappa shape index (κ3) is 3.79. The number of rotatable bonds is 6. The highest BCUT2D eigenvalue weighted by Gasteiger charge is 2.15. The average Bonchev–Trinajstić information content (AvgIpc) is 2.93. The Balaban J connectivity index is 1.92. The van der Waals surface area contributed by atoms with Gasteiger partial charge in [0.05, 0.1) is 12.3 Å². The third-order valence-corrected chi connectivity index (χ3v) is 3.68. The Kier molecular flexibility index (Phi) is 5.11. The Morgan fingerprint density at radius 1 is 1.45 bits per heavy atom. The van der Waals surface area contributed by atoms with Crippen molar-refractivity contribution in [1.82, 2.24) is 15.1 Å². The second-order valence-electron chi connectivity index (χ2n) is 4.68. The van der Waals surface area contributed by atoms with Crippen LogP contribution in [0.15, 0.2) is 47.7 Å². The van der Waals surface area contributed by atoms with Crippen LogP contribution >= 0.6 is 15.9 Å². The molecule has 0 aliphatic rings. The first-order chi connectivity index (χ1) is 9.60. The van der Waals surface area contributed by atoms with Crippen LogP contribution in [0.2, 0.25) is 0 Å². The minimum Gasteiger partial charge on any atom is -0.387 e. The standard InChI is InChI=1S/C15H18BrN3O/c1-3-19-10-12(9-18-19)8-17-11(2)15(20)13-4-6-14(16)7-5-13/h3-7,9-11,15,17,20H,1,8H2,2H3/t11-,15-/m0/s1. The molecule has 0 bridgehead atoms. The van der Waals surface area contributed by atoms with Gasteiger partial charge in [0.15, 0.2) is 0 Å². The van der Waals surface area contributed by atoms with Gasteiger partial charge in [-0.3, -0.25) is 0 Å². The monoisotopic (exact) mass is 335 g/mol. The van der Waals surface area contributed by atoms with Crippen LogP contribution < -0.4 is 5.32 Å². The van der Waals surface area contributed by atoms with Crippen molar-refractivity contribution in [3.63, 3.8) is 0 Å². The maximum absolute atomic E-state index is 10.3. The molecule has 0 spiro atoms. The molecule has 4 nitrogen and oxygen atoms in total. The van der Waals surface area contributed by atoms with Crippen LogP contribution in [0.25, 0.3) is 6.20 Å². The van der Waals surface area contributed by atoms with E-state index in [1.54, 1.807) is 17.1 Å². The van der Waals surface area contributed by atoms with Crippen molar-refractivity contribution in [2.75, 3.05) is 0 Å². The summed E-state index contributed by atoms with van der Waals surface area (Å²) < 4.78 is 2.67. The van der Waals surface area contributed by atoms with E-state index in [4.69, 9.17) is 0 Å². The molecule has 0 radical (unpaired) electrons. The number of aliphatic hydroxyl groups is 1. The molecule has 20 heavy (non-hydrogen) atoms. The zero-order valence-electron chi connectivity index (χ0n) is 11.3. The smallest absolute Gasteiger partial charge is 0.0940 e. The quantitative estimate of drug-likeness (QED) is 0.853. The van der Waals surface area contributed by atoms with Crippen LogP contribution in [0.3, 0.4) is 0 Å². The minimum absolute atomic E-state index is 0.0525. The molecule has 2 aromatic rings. The molecule has 2 N–H and O–H groups in total. The highest BCUT2D eigenvalue weighted by Crippen LogP contribution is 2.19. The summed E-state index contributed by atoms with van der Waals surface area (Å²) in [4.78, 5) is 0. The molecule has 0 saturated carbocycles. The van der Waals surface area contributed by atoms with E-state index in [0.29, 0.717) is 6.54 Å². The highest BCUT2D eigenvalue weighted by molar-refractivity contribution is 9.10. The molecule has 0 amide bonds. The lowest BCUT2D eigenvalue weighted by atomic mass is 10.0. The summed E-state index contributed by atoms with van der Waals surface area (Å²) >= 11 is 3.39. The summed E-state index contributed by atoms with van der Waals surface area (Å²) in [5.74, 6) is 0. The molecule has 0 aliphatic carbocycles. The van der Waals surface area contributed by atoms with Crippen LogP contribution in [-0.2, 0) is 6.54 Å². The van der Waals surface area contributed by atoms with Crippen LogP contribution in [-0.4, -0.2) is 20.9 Å². The molecule has 106 valence electrons. The van der Waals surface area contributed by atoms with E-state index in [9.17, 15) is 5.11 Å². The first kappa shape index (κ1) is 15.0. The predicted molar refractivity (Wildman–Crippen MR) is 84.0 cm³/mol. The van der Waals surface area contributed by atoms with E-state index in [1.165, 1.54) is 0 Å². The van der Waals surface area contributed by atoms with Crippen LogP contribution in [0.4, 0.5) is 0 Å². The topological polar surface area (TPSA) is 50.1 Å². The molecular formula is C15H18BrN3O. The van der Waals surface area contributed by atoms with Gasteiger partial charge in [0.1, 0.15) is 0 Å². The van der Waals surface area contributed by atoms with Gasteiger partial charge in [0.2, 0.25) is 0 Å². The number of aliphatic hydroxyl groups excluding tert-OH is 1. The third-order valence-electron chi connectivity index (χ3n) is 3.16. The van der Waals surface area contributed by atoms with Crippen molar-refractivity contribution < 1.29 is 5.11 Å². The lowest BCUT2D eigenvalue weighted by Crippen LogP contribution is -2.31. The van der Waals surface area contributed by atoms with E-state index in [2.05, 4.69) is 32.9 Å². The van der Waals surface area contributed by atoms with Gasteiger partial charge >= 0.3 is 0 Å². The van der Waals surface area contributed by atoms with Gasteiger partial charge in [-0.15, -0.1) is 0 Å². The van der Waals surface area contributed by atoms with Crippen molar-refractivity contribution in [2.45, 2.75) is 25.6 Å². The van der Waals surface area contributed by atoms with E-state index >= 15 is 0 Å². The van der Waals surface area contributed by atoms with Crippen molar-refractivity contribution in [3.8, 4) is 0 Å². The molecular weight excluding hydrogens is 318 g/mol. The SMILES string of the molecule is C=Cn1cc(CN[C@@H](C)[C@H](O)c2ccc(Br)cc2)cn1. The number of hydrogen-bond donors (Lipinski definition) is 2. The lowest BCUT2D eigenvalue weighted by Gasteiger charge is -2.20. The van der Waals surface area contributed by atoms with Crippen molar-refractivity contribution >= 4 is 22.1 Å². The summed E-state index contributed by atoms with van der Waals surface area (Å²) in [5, 5.41) is 17.7. The Bertz CT molecular complexity index is 565. The van der Waals surface area contributed by atoms with E-state index in [-0.39, 0.29) is 6.04 Å². The number of halogens is 1. The molecule has 2 atom stereocenters. The molecule has 0 fully saturated rings. The number of hydrogen-bond acceptors (Lipinski definition) is 3. The maximum Gasteiger partial charge on any atom is 0.0940 e. The summed E-state index contributed by atoms with van der Waals surface area (Å²) in [5.41, 5.74) is 1.95. The van der Waals surface area contributed by atoms with Gasteiger partial charge in [0, 0.05) is 35.0 Å². The average molecular weight is 336 g/mol. The fraction of sp³-hybridized carbons (Fsp3) is 0.267. The van der Waals surface area contributed by atoms with Gasteiger partial charge in [0.25, 0.3) is 0 Å². The predicted octanol–water partition coefficient (Wildman–Crippen LogP) is 2.96. The first-order valence-corrected chi connectivity index (χ1v) is 7.22. The fourth-order valence-corrected chi connectivity index (χ4v) is 2.17. The number of nitrogens with one attached hydrogen (secondary N) is 1. The maximum atomic E-state index is 10.3. The Morgan fingerprint density at radius 2 is 2.15 bits per heavy atom. The summed E-state index contributed by atoms with van der Waals surface area (Å²) in [6.07, 6.45) is 4.79. The van der Waals surface area contributed by atoms with Crippen molar-refractivity contribution in [1.29, 1.82) is 0 Å². The normalized spacial score (nSPS) is 13.9. The van der Waals surface area contributed by atoms with Crippen LogP contribution in [0.5, 0.6) is 0 Å². The molecule has 0 unspecified atom stereocenters. The molecule has 1 aromatic heterocycles.